The second-order valence-corrected chi connectivity index (χ2v) is 3.75. The molecule has 0 spiro atoms. The molecule has 0 heterocycles. The smallest absolute Gasteiger partial charge is 0.0431 e. The lowest BCUT2D eigenvalue weighted by Crippen LogP contribution is -2.12. The Labute approximate surface area is 68.4 Å². The minimum atomic E-state index is 0.247. The van der Waals surface area contributed by atoms with Gasteiger partial charge < -0.3 is 5.11 Å². The number of halogens is 1. The number of aliphatic hydroxyl groups excluding tert-OH is 1. The molecule has 0 fully saturated rings. The highest BCUT2D eigenvalue weighted by molar-refractivity contribution is 6.18. The van der Waals surface area contributed by atoms with Gasteiger partial charge in [0.15, 0.2) is 0 Å². The third kappa shape index (κ3) is 5.07. The monoisotopic (exact) mass is 164 g/mol. The summed E-state index contributed by atoms with van der Waals surface area (Å²) < 4.78 is 0. The Morgan fingerprint density at radius 2 is 1.90 bits per heavy atom. The van der Waals surface area contributed by atoms with Crippen LogP contribution >= 0.6 is 11.6 Å². The number of rotatable bonds is 5. The van der Waals surface area contributed by atoms with Crippen molar-refractivity contribution in [2.24, 2.45) is 5.41 Å². The minimum absolute atomic E-state index is 0.247. The fourth-order valence-electron chi connectivity index (χ4n) is 0.782. The van der Waals surface area contributed by atoms with E-state index in [9.17, 15) is 0 Å². The molecule has 0 bridgehead atoms. The van der Waals surface area contributed by atoms with Gasteiger partial charge in [0.05, 0.1) is 0 Å². The molecule has 1 nitrogen and oxygen atoms in total. The van der Waals surface area contributed by atoms with Crippen LogP contribution in [0.5, 0.6) is 0 Å². The van der Waals surface area contributed by atoms with Crippen molar-refractivity contribution >= 4 is 11.6 Å². The van der Waals surface area contributed by atoms with E-state index < -0.39 is 0 Å². The van der Waals surface area contributed by atoms with Crippen LogP contribution in [0.15, 0.2) is 0 Å². The first kappa shape index (κ1) is 10.2. The largest absolute Gasteiger partial charge is 0.396 e. The quantitative estimate of drug-likeness (QED) is 0.489. The van der Waals surface area contributed by atoms with Crippen molar-refractivity contribution < 1.29 is 5.11 Å². The van der Waals surface area contributed by atoms with Gasteiger partial charge in [-0.1, -0.05) is 20.3 Å². The van der Waals surface area contributed by atoms with E-state index in [1.54, 1.807) is 0 Å². The van der Waals surface area contributed by atoms with Crippen LogP contribution in [0.2, 0.25) is 0 Å². The van der Waals surface area contributed by atoms with E-state index >= 15 is 0 Å². The second kappa shape index (κ2) is 4.97. The summed E-state index contributed by atoms with van der Waals surface area (Å²) in [5.74, 6) is 0.707. The van der Waals surface area contributed by atoms with Gasteiger partial charge in [0.25, 0.3) is 0 Å². The summed E-state index contributed by atoms with van der Waals surface area (Å²) >= 11 is 5.71. The van der Waals surface area contributed by atoms with Crippen LogP contribution in [0.3, 0.4) is 0 Å². The molecule has 0 aliphatic carbocycles. The molecule has 10 heavy (non-hydrogen) atoms. The molecule has 0 aliphatic rings. The van der Waals surface area contributed by atoms with Crippen molar-refractivity contribution in [2.45, 2.75) is 33.1 Å². The number of hydrogen-bond donors (Lipinski definition) is 1. The van der Waals surface area contributed by atoms with Crippen LogP contribution in [0.1, 0.15) is 33.1 Å². The van der Waals surface area contributed by atoms with Crippen molar-refractivity contribution in [1.82, 2.24) is 0 Å². The summed E-state index contributed by atoms with van der Waals surface area (Å²) in [6.45, 7) is 4.60. The Hall–Kier alpha value is 0.250. The van der Waals surface area contributed by atoms with Crippen LogP contribution in [0.4, 0.5) is 0 Å². The molecular formula is C8H17ClO. The number of hydrogen-bond acceptors (Lipinski definition) is 1. The van der Waals surface area contributed by atoms with Crippen LogP contribution in [0.25, 0.3) is 0 Å². The third-order valence-corrected chi connectivity index (χ3v) is 2.35. The molecule has 0 saturated heterocycles. The van der Waals surface area contributed by atoms with Gasteiger partial charge >= 0.3 is 0 Å². The van der Waals surface area contributed by atoms with Gasteiger partial charge in [-0.25, -0.2) is 0 Å². The van der Waals surface area contributed by atoms with Gasteiger partial charge in [-0.05, 0) is 18.3 Å². The van der Waals surface area contributed by atoms with Gasteiger partial charge in [0.2, 0.25) is 0 Å². The van der Waals surface area contributed by atoms with Crippen LogP contribution < -0.4 is 0 Å². The zero-order chi connectivity index (χ0) is 8.04. The highest BCUT2D eigenvalue weighted by Gasteiger charge is 2.14. The lowest BCUT2D eigenvalue weighted by atomic mass is 9.90. The lowest BCUT2D eigenvalue weighted by Gasteiger charge is -2.20. The molecular weight excluding hydrogens is 148 g/mol. The van der Waals surface area contributed by atoms with Crippen molar-refractivity contribution in [2.75, 3.05) is 12.5 Å². The first-order valence-electron chi connectivity index (χ1n) is 3.79. The first-order chi connectivity index (χ1) is 4.62. The summed E-state index contributed by atoms with van der Waals surface area (Å²) in [5.41, 5.74) is 0.247. The first-order valence-corrected chi connectivity index (χ1v) is 4.33. The molecule has 0 aromatic rings. The zero-order valence-electron chi connectivity index (χ0n) is 6.86. The normalized spacial score (nSPS) is 12.0. The maximum absolute atomic E-state index is 8.50. The molecule has 0 aromatic heterocycles. The Morgan fingerprint density at radius 1 is 1.30 bits per heavy atom. The second-order valence-electron chi connectivity index (χ2n) is 3.48. The highest BCUT2D eigenvalue weighted by atomic mass is 35.5. The molecule has 0 radical (unpaired) electrons. The van der Waals surface area contributed by atoms with Crippen molar-refractivity contribution in [3.63, 3.8) is 0 Å². The maximum Gasteiger partial charge on any atom is 0.0431 e. The molecule has 0 unspecified atom stereocenters. The van der Waals surface area contributed by atoms with Crippen LogP contribution in [-0.2, 0) is 0 Å². The Kier molecular flexibility index (Phi) is 5.10. The fourth-order valence-corrected chi connectivity index (χ4v) is 0.916. The van der Waals surface area contributed by atoms with Crippen molar-refractivity contribution in [3.8, 4) is 0 Å². The summed E-state index contributed by atoms with van der Waals surface area (Å²) in [4.78, 5) is 0. The predicted octanol–water partition coefficient (Wildman–Crippen LogP) is 2.41. The highest BCUT2D eigenvalue weighted by Crippen LogP contribution is 2.24. The van der Waals surface area contributed by atoms with Gasteiger partial charge in [-0.15, -0.1) is 11.6 Å². The van der Waals surface area contributed by atoms with E-state index in [1.807, 2.05) is 0 Å². The third-order valence-electron chi connectivity index (χ3n) is 1.62. The van der Waals surface area contributed by atoms with E-state index in [4.69, 9.17) is 16.7 Å². The lowest BCUT2D eigenvalue weighted by molar-refractivity contribution is 0.268. The number of unbranched alkanes of at least 4 members (excludes halogenated alkanes) is 1. The van der Waals surface area contributed by atoms with E-state index in [0.29, 0.717) is 12.5 Å². The molecule has 0 aromatic carbocycles. The summed E-state index contributed by atoms with van der Waals surface area (Å²) in [7, 11) is 0. The molecule has 62 valence electrons. The number of aliphatic hydroxyl groups is 1. The van der Waals surface area contributed by atoms with Crippen LogP contribution in [0, 0.1) is 5.41 Å². The van der Waals surface area contributed by atoms with Gasteiger partial charge in [0, 0.05) is 12.5 Å². The summed E-state index contributed by atoms with van der Waals surface area (Å²) in [6.07, 6.45) is 3.09. The molecule has 0 amide bonds. The van der Waals surface area contributed by atoms with E-state index in [-0.39, 0.29) is 5.41 Å². The van der Waals surface area contributed by atoms with Crippen molar-refractivity contribution in [1.29, 1.82) is 0 Å². The fraction of sp³-hybridized carbons (Fsp3) is 1.00. The Morgan fingerprint density at radius 3 is 2.30 bits per heavy atom. The van der Waals surface area contributed by atoms with E-state index in [1.165, 1.54) is 0 Å². The van der Waals surface area contributed by atoms with Crippen molar-refractivity contribution in [3.05, 3.63) is 0 Å². The molecule has 0 saturated carbocycles. The molecule has 0 atom stereocenters. The Bertz CT molecular complexity index is 81.3. The van der Waals surface area contributed by atoms with E-state index in [0.717, 1.165) is 19.3 Å². The topological polar surface area (TPSA) is 20.2 Å². The number of alkyl halides is 1. The average Bonchev–Trinajstić information content (AvgIpc) is 1.89. The molecule has 2 heteroatoms. The standard InChI is InChI=1S/C8H17ClO/c1-8(2,7-9)5-3-4-6-10/h10H,3-7H2,1-2H3. The summed E-state index contributed by atoms with van der Waals surface area (Å²) in [5, 5.41) is 8.50. The molecule has 0 rings (SSSR count). The van der Waals surface area contributed by atoms with Gasteiger partial charge in [-0.2, -0.15) is 0 Å². The molecule has 0 aliphatic heterocycles. The zero-order valence-corrected chi connectivity index (χ0v) is 7.62. The minimum Gasteiger partial charge on any atom is -0.396 e. The maximum atomic E-state index is 8.50. The molecule has 1 N–H and O–H groups in total. The predicted molar refractivity (Wildman–Crippen MR) is 45.4 cm³/mol. The van der Waals surface area contributed by atoms with Gasteiger partial charge in [0.1, 0.15) is 0 Å². The SMILES string of the molecule is CC(C)(CCl)CCCCO. The van der Waals surface area contributed by atoms with Gasteiger partial charge in [-0.3, -0.25) is 0 Å². The average molecular weight is 165 g/mol. The van der Waals surface area contributed by atoms with Crippen LogP contribution in [-0.4, -0.2) is 17.6 Å². The Balaban J connectivity index is 3.28. The van der Waals surface area contributed by atoms with E-state index in [2.05, 4.69) is 13.8 Å². The summed E-state index contributed by atoms with van der Waals surface area (Å²) in [6, 6.07) is 0.